The van der Waals surface area contributed by atoms with Gasteiger partial charge in [0.2, 0.25) is 0 Å². The molecule has 5 heteroatoms. The van der Waals surface area contributed by atoms with Crippen LogP contribution in [-0.2, 0) is 4.74 Å². The molecular weight excluding hydrogens is 304 g/mol. The first-order chi connectivity index (χ1) is 10.1. The SMILES string of the molecule is CCC1(CC)CC(Nc2nc3cc(Cl)ccc3s2)CCO1. The van der Waals surface area contributed by atoms with Gasteiger partial charge in [0.1, 0.15) is 0 Å². The van der Waals surface area contributed by atoms with Crippen LogP contribution in [0.5, 0.6) is 0 Å². The lowest BCUT2D eigenvalue weighted by Crippen LogP contribution is -2.43. The van der Waals surface area contributed by atoms with Crippen molar-refractivity contribution in [2.24, 2.45) is 0 Å². The molecule has 3 nitrogen and oxygen atoms in total. The van der Waals surface area contributed by atoms with E-state index >= 15 is 0 Å². The zero-order valence-corrected chi connectivity index (χ0v) is 14.1. The minimum Gasteiger partial charge on any atom is -0.375 e. The number of benzene rings is 1. The Morgan fingerprint density at radius 2 is 2.24 bits per heavy atom. The maximum absolute atomic E-state index is 6.03. The highest BCUT2D eigenvalue weighted by molar-refractivity contribution is 7.22. The van der Waals surface area contributed by atoms with E-state index in [1.54, 1.807) is 11.3 Å². The summed E-state index contributed by atoms with van der Waals surface area (Å²) in [4.78, 5) is 4.65. The van der Waals surface area contributed by atoms with Crippen LogP contribution in [0, 0.1) is 0 Å². The molecule has 1 aromatic heterocycles. The van der Waals surface area contributed by atoms with E-state index < -0.39 is 0 Å². The topological polar surface area (TPSA) is 34.2 Å². The third kappa shape index (κ3) is 3.17. The molecule has 1 fully saturated rings. The van der Waals surface area contributed by atoms with E-state index in [0.29, 0.717) is 6.04 Å². The molecule has 1 atom stereocenters. The average Bonchev–Trinajstić information content (AvgIpc) is 2.88. The first-order valence-electron chi connectivity index (χ1n) is 7.61. The number of nitrogens with one attached hydrogen (secondary N) is 1. The molecule has 3 rings (SSSR count). The molecule has 114 valence electrons. The first-order valence-corrected chi connectivity index (χ1v) is 8.80. The van der Waals surface area contributed by atoms with Crippen molar-refractivity contribution < 1.29 is 4.74 Å². The van der Waals surface area contributed by atoms with Gasteiger partial charge in [-0.1, -0.05) is 36.8 Å². The van der Waals surface area contributed by atoms with Crippen molar-refractivity contribution in [3.05, 3.63) is 23.2 Å². The molecule has 21 heavy (non-hydrogen) atoms. The summed E-state index contributed by atoms with van der Waals surface area (Å²) < 4.78 is 7.20. The normalized spacial score (nSPS) is 21.6. The summed E-state index contributed by atoms with van der Waals surface area (Å²) >= 11 is 7.72. The van der Waals surface area contributed by atoms with Crippen LogP contribution in [0.15, 0.2) is 18.2 Å². The largest absolute Gasteiger partial charge is 0.375 e. The van der Waals surface area contributed by atoms with Crippen molar-refractivity contribution in [1.29, 1.82) is 0 Å². The van der Waals surface area contributed by atoms with Crippen molar-refractivity contribution in [2.45, 2.75) is 51.2 Å². The molecule has 0 spiro atoms. The highest BCUT2D eigenvalue weighted by atomic mass is 35.5. The Hall–Kier alpha value is -0.840. The van der Waals surface area contributed by atoms with Crippen molar-refractivity contribution in [3.8, 4) is 0 Å². The number of hydrogen-bond acceptors (Lipinski definition) is 4. The minimum atomic E-state index is 0.0376. The number of fused-ring (bicyclic) bond motifs is 1. The molecule has 1 N–H and O–H groups in total. The average molecular weight is 325 g/mol. The summed E-state index contributed by atoms with van der Waals surface area (Å²) in [6, 6.07) is 6.31. The van der Waals surface area contributed by atoms with E-state index in [9.17, 15) is 0 Å². The van der Waals surface area contributed by atoms with Gasteiger partial charge in [0.15, 0.2) is 5.13 Å². The van der Waals surface area contributed by atoms with Crippen LogP contribution in [0.2, 0.25) is 5.02 Å². The van der Waals surface area contributed by atoms with Gasteiger partial charge in [-0.05, 0) is 43.9 Å². The Labute approximate surface area is 134 Å². The molecule has 0 radical (unpaired) electrons. The maximum atomic E-state index is 6.03. The standard InChI is InChI=1S/C16H21ClN2OS/c1-3-16(4-2)10-12(7-8-20-16)18-15-19-13-9-11(17)5-6-14(13)21-15/h5-6,9,12H,3-4,7-8,10H2,1-2H3,(H,18,19). The van der Waals surface area contributed by atoms with Gasteiger partial charge in [-0.15, -0.1) is 0 Å². The summed E-state index contributed by atoms with van der Waals surface area (Å²) in [6.45, 7) is 5.26. The van der Waals surface area contributed by atoms with Crippen LogP contribution in [0.25, 0.3) is 10.2 Å². The lowest BCUT2D eigenvalue weighted by Gasteiger charge is -2.40. The summed E-state index contributed by atoms with van der Waals surface area (Å²) in [7, 11) is 0. The van der Waals surface area contributed by atoms with Crippen LogP contribution < -0.4 is 5.32 Å². The predicted octanol–water partition coefficient (Wildman–Crippen LogP) is 5.10. The van der Waals surface area contributed by atoms with Crippen molar-refractivity contribution >= 4 is 38.3 Å². The van der Waals surface area contributed by atoms with Gasteiger partial charge in [0, 0.05) is 17.7 Å². The quantitative estimate of drug-likeness (QED) is 0.849. The molecule has 1 aliphatic rings. The Morgan fingerprint density at radius 1 is 1.43 bits per heavy atom. The molecular formula is C16H21ClN2OS. The fourth-order valence-corrected chi connectivity index (χ4v) is 4.12. The zero-order valence-electron chi connectivity index (χ0n) is 12.5. The molecule has 1 saturated heterocycles. The zero-order chi connectivity index (χ0) is 14.9. The number of thiazole rings is 1. The molecule has 0 amide bonds. The van der Waals surface area contributed by atoms with Crippen molar-refractivity contribution in [3.63, 3.8) is 0 Å². The fraction of sp³-hybridized carbons (Fsp3) is 0.562. The molecule has 2 heterocycles. The highest BCUT2D eigenvalue weighted by Crippen LogP contribution is 2.34. The number of aromatic nitrogens is 1. The number of ether oxygens (including phenoxy) is 1. The maximum Gasteiger partial charge on any atom is 0.184 e. The second kappa shape index (κ2) is 6.11. The lowest BCUT2D eigenvalue weighted by molar-refractivity contribution is -0.0864. The molecule has 1 aliphatic heterocycles. The van der Waals surface area contributed by atoms with Gasteiger partial charge in [-0.25, -0.2) is 4.98 Å². The van der Waals surface area contributed by atoms with E-state index in [4.69, 9.17) is 16.3 Å². The van der Waals surface area contributed by atoms with Crippen molar-refractivity contribution in [2.75, 3.05) is 11.9 Å². The van der Waals surface area contributed by atoms with Gasteiger partial charge in [-0.2, -0.15) is 0 Å². The van der Waals surface area contributed by atoms with E-state index in [2.05, 4.69) is 24.1 Å². The number of anilines is 1. The van der Waals surface area contributed by atoms with E-state index in [-0.39, 0.29) is 5.60 Å². The van der Waals surface area contributed by atoms with Crippen molar-refractivity contribution in [1.82, 2.24) is 4.98 Å². The smallest absolute Gasteiger partial charge is 0.184 e. The Kier molecular flexibility index (Phi) is 4.38. The first kappa shape index (κ1) is 15.1. The van der Waals surface area contributed by atoms with E-state index in [1.807, 2.05) is 18.2 Å². The van der Waals surface area contributed by atoms with Crippen LogP contribution in [-0.4, -0.2) is 23.2 Å². The molecule has 1 aromatic carbocycles. The molecule has 2 aromatic rings. The summed E-state index contributed by atoms with van der Waals surface area (Å²) in [5.41, 5.74) is 1.01. The molecule has 0 saturated carbocycles. The van der Waals surface area contributed by atoms with Gasteiger partial charge in [0.25, 0.3) is 0 Å². The number of halogens is 1. The fourth-order valence-electron chi connectivity index (χ4n) is 3.03. The molecule has 0 bridgehead atoms. The number of hydrogen-bond donors (Lipinski definition) is 1. The van der Waals surface area contributed by atoms with E-state index in [1.165, 1.54) is 4.70 Å². The van der Waals surface area contributed by atoms with Gasteiger partial charge < -0.3 is 10.1 Å². The summed E-state index contributed by atoms with van der Waals surface area (Å²) in [5, 5.41) is 5.32. The highest BCUT2D eigenvalue weighted by Gasteiger charge is 2.34. The van der Waals surface area contributed by atoms with Crippen LogP contribution in [0.3, 0.4) is 0 Å². The summed E-state index contributed by atoms with van der Waals surface area (Å²) in [6.07, 6.45) is 4.23. The monoisotopic (exact) mass is 324 g/mol. The Balaban J connectivity index is 1.75. The third-order valence-electron chi connectivity index (χ3n) is 4.46. The van der Waals surface area contributed by atoms with Gasteiger partial charge >= 0.3 is 0 Å². The predicted molar refractivity (Wildman–Crippen MR) is 90.5 cm³/mol. The number of nitrogens with zero attached hydrogens (tertiary/aromatic N) is 1. The summed E-state index contributed by atoms with van der Waals surface area (Å²) in [5.74, 6) is 0. The lowest BCUT2D eigenvalue weighted by atomic mass is 9.86. The third-order valence-corrected chi connectivity index (χ3v) is 5.66. The Morgan fingerprint density at radius 3 is 3.00 bits per heavy atom. The molecule has 0 aliphatic carbocycles. The van der Waals surface area contributed by atoms with Crippen LogP contribution in [0.1, 0.15) is 39.5 Å². The second-order valence-electron chi connectivity index (χ2n) is 5.70. The number of rotatable bonds is 4. The minimum absolute atomic E-state index is 0.0376. The van der Waals surface area contributed by atoms with Gasteiger partial charge in [-0.3, -0.25) is 0 Å². The molecule has 1 unspecified atom stereocenters. The van der Waals surface area contributed by atoms with Crippen LogP contribution >= 0.6 is 22.9 Å². The van der Waals surface area contributed by atoms with E-state index in [0.717, 1.165) is 48.0 Å². The Bertz CT molecular complexity index is 624. The second-order valence-corrected chi connectivity index (χ2v) is 7.17. The van der Waals surface area contributed by atoms with Crippen LogP contribution in [0.4, 0.5) is 5.13 Å². The van der Waals surface area contributed by atoms with Gasteiger partial charge in [0.05, 0.1) is 15.8 Å².